The number of alkyl halides is 3. The molecule has 2 aromatic heterocycles. The van der Waals surface area contributed by atoms with Crippen molar-refractivity contribution in [1.82, 2.24) is 15.3 Å². The molecular formula is C16H20F3N3O2S2. The van der Waals surface area contributed by atoms with Crippen molar-refractivity contribution < 1.29 is 18.0 Å². The van der Waals surface area contributed by atoms with E-state index in [1.165, 1.54) is 11.3 Å². The van der Waals surface area contributed by atoms with Crippen molar-refractivity contribution >= 4 is 39.2 Å². The Morgan fingerprint density at radius 1 is 1.42 bits per heavy atom. The molecule has 0 aliphatic heterocycles. The minimum Gasteiger partial charge on any atom is -0.346 e. The molecule has 0 aliphatic rings. The van der Waals surface area contributed by atoms with Crippen LogP contribution in [0.2, 0.25) is 0 Å². The summed E-state index contributed by atoms with van der Waals surface area (Å²) in [4.78, 5) is 32.5. The fourth-order valence-corrected chi connectivity index (χ4v) is 4.15. The van der Waals surface area contributed by atoms with Gasteiger partial charge < -0.3 is 10.3 Å². The molecule has 2 N–H and O–H groups in total. The van der Waals surface area contributed by atoms with E-state index < -0.39 is 18.6 Å². The van der Waals surface area contributed by atoms with Crippen molar-refractivity contribution in [2.75, 3.05) is 12.3 Å². The number of nitrogens with one attached hydrogen (secondary N) is 2. The normalized spacial score (nSPS) is 13.2. The summed E-state index contributed by atoms with van der Waals surface area (Å²) in [5, 5.41) is 2.58. The van der Waals surface area contributed by atoms with Crippen molar-refractivity contribution in [3.8, 4) is 0 Å². The topological polar surface area (TPSA) is 74.8 Å². The highest BCUT2D eigenvalue weighted by molar-refractivity contribution is 7.99. The number of carbonyl (C=O) groups excluding carboxylic acids is 1. The maximum Gasteiger partial charge on any atom is 0.405 e. The van der Waals surface area contributed by atoms with Crippen molar-refractivity contribution in [3.63, 3.8) is 0 Å². The average molecular weight is 407 g/mol. The fraction of sp³-hybridized carbons (Fsp3) is 0.562. The zero-order valence-electron chi connectivity index (χ0n) is 14.6. The van der Waals surface area contributed by atoms with Crippen LogP contribution >= 0.6 is 23.1 Å². The number of aromatic nitrogens is 2. The molecule has 0 saturated heterocycles. The molecule has 1 unspecified atom stereocenters. The van der Waals surface area contributed by atoms with Crippen LogP contribution in [0.15, 0.2) is 9.95 Å². The molecule has 2 aromatic rings. The zero-order chi connectivity index (χ0) is 19.5. The predicted molar refractivity (Wildman–Crippen MR) is 97.9 cm³/mol. The van der Waals surface area contributed by atoms with Gasteiger partial charge in [0.15, 0.2) is 5.16 Å². The molecule has 5 nitrogen and oxygen atoms in total. The quantitative estimate of drug-likeness (QED) is 0.543. The van der Waals surface area contributed by atoms with Crippen LogP contribution in [0.25, 0.3) is 10.2 Å². The molecule has 10 heteroatoms. The van der Waals surface area contributed by atoms with Gasteiger partial charge in [-0.15, -0.1) is 11.3 Å². The highest BCUT2D eigenvalue weighted by Gasteiger charge is 2.27. The van der Waals surface area contributed by atoms with Crippen molar-refractivity contribution in [1.29, 1.82) is 0 Å². The van der Waals surface area contributed by atoms with Gasteiger partial charge in [-0.25, -0.2) is 4.98 Å². The number of fused-ring (bicyclic) bond motifs is 1. The first kappa shape index (κ1) is 20.8. The van der Waals surface area contributed by atoms with Gasteiger partial charge in [0.1, 0.15) is 11.4 Å². The van der Waals surface area contributed by atoms with Gasteiger partial charge in [0.2, 0.25) is 5.91 Å². The first-order chi connectivity index (χ1) is 12.1. The minimum absolute atomic E-state index is 0.223. The van der Waals surface area contributed by atoms with Crippen LogP contribution in [0.3, 0.4) is 0 Å². The molecule has 0 spiro atoms. The third kappa shape index (κ3) is 5.47. The second-order valence-electron chi connectivity index (χ2n) is 6.09. The number of hydrogen-bond donors (Lipinski definition) is 2. The van der Waals surface area contributed by atoms with Crippen molar-refractivity contribution in [2.24, 2.45) is 5.92 Å². The first-order valence-corrected chi connectivity index (χ1v) is 9.89. The van der Waals surface area contributed by atoms with Gasteiger partial charge in [-0.1, -0.05) is 32.0 Å². The van der Waals surface area contributed by atoms with Gasteiger partial charge in [0.25, 0.3) is 5.56 Å². The molecule has 1 amide bonds. The summed E-state index contributed by atoms with van der Waals surface area (Å²) in [7, 11) is 0. The zero-order valence-corrected chi connectivity index (χ0v) is 16.3. The van der Waals surface area contributed by atoms with Gasteiger partial charge in [0, 0.05) is 4.88 Å². The first-order valence-electron chi connectivity index (χ1n) is 8.09. The minimum atomic E-state index is -4.45. The summed E-state index contributed by atoms with van der Waals surface area (Å²) < 4.78 is 36.2. The molecule has 26 heavy (non-hydrogen) atoms. The molecule has 1 atom stereocenters. The number of thioether (sulfide) groups is 1. The van der Waals surface area contributed by atoms with E-state index in [0.29, 0.717) is 16.1 Å². The van der Waals surface area contributed by atoms with E-state index >= 15 is 0 Å². The van der Waals surface area contributed by atoms with Crippen molar-refractivity contribution in [3.05, 3.63) is 20.8 Å². The van der Waals surface area contributed by atoms with Gasteiger partial charge in [-0.05, 0) is 24.8 Å². The molecule has 0 radical (unpaired) electrons. The van der Waals surface area contributed by atoms with E-state index in [2.05, 4.69) is 23.8 Å². The summed E-state index contributed by atoms with van der Waals surface area (Å²) in [5.41, 5.74) is 0.712. The summed E-state index contributed by atoms with van der Waals surface area (Å²) in [6.45, 7) is 4.78. The standard InChI is InChI=1S/C16H20F3N3O2S2/c1-4-8(2)5-10-9(3)26-14-12(10)13(24)21-15(22-14)25-6-11(23)20-7-16(17,18)19/h8H,4-7H2,1-3H3,(H,20,23)(H,21,22,24). The van der Waals surface area contributed by atoms with Crippen LogP contribution in [0, 0.1) is 12.8 Å². The monoisotopic (exact) mass is 407 g/mol. The maximum absolute atomic E-state index is 12.5. The van der Waals surface area contributed by atoms with E-state index in [4.69, 9.17) is 0 Å². The summed E-state index contributed by atoms with van der Waals surface area (Å²) in [6.07, 6.45) is -2.66. The van der Waals surface area contributed by atoms with Gasteiger partial charge in [-0.3, -0.25) is 9.59 Å². The second kappa shape index (κ2) is 8.43. The summed E-state index contributed by atoms with van der Waals surface area (Å²) >= 11 is 2.32. The number of nitrogens with zero attached hydrogens (tertiary/aromatic N) is 1. The van der Waals surface area contributed by atoms with E-state index in [1.54, 1.807) is 5.32 Å². The number of hydrogen-bond acceptors (Lipinski definition) is 5. The lowest BCUT2D eigenvalue weighted by atomic mass is 9.98. The Hall–Kier alpha value is -1.55. The lowest BCUT2D eigenvalue weighted by molar-refractivity contribution is -0.136. The van der Waals surface area contributed by atoms with Crippen LogP contribution in [0.5, 0.6) is 0 Å². The third-order valence-electron chi connectivity index (χ3n) is 3.92. The second-order valence-corrected chi connectivity index (χ2v) is 8.25. The van der Waals surface area contributed by atoms with Gasteiger partial charge >= 0.3 is 6.18 Å². The highest BCUT2D eigenvalue weighted by atomic mass is 32.2. The maximum atomic E-state index is 12.5. The number of rotatable bonds is 7. The Morgan fingerprint density at radius 2 is 2.12 bits per heavy atom. The number of thiophene rings is 1. The molecular weight excluding hydrogens is 387 g/mol. The van der Waals surface area contributed by atoms with Gasteiger partial charge in [-0.2, -0.15) is 13.2 Å². The van der Waals surface area contributed by atoms with Crippen LogP contribution in [0.4, 0.5) is 13.2 Å². The number of amides is 1. The van der Waals surface area contributed by atoms with E-state index in [-0.39, 0.29) is 16.5 Å². The molecule has 2 heterocycles. The summed E-state index contributed by atoms with van der Waals surface area (Å²) in [5.74, 6) is -0.582. The highest BCUT2D eigenvalue weighted by Crippen LogP contribution is 2.30. The van der Waals surface area contributed by atoms with Crippen LogP contribution in [0.1, 0.15) is 30.7 Å². The predicted octanol–water partition coefficient (Wildman–Crippen LogP) is 3.65. The largest absolute Gasteiger partial charge is 0.405 e. The van der Waals surface area contributed by atoms with E-state index in [1.807, 2.05) is 6.92 Å². The molecule has 0 aromatic carbocycles. The molecule has 2 rings (SSSR count). The number of halogens is 3. The van der Waals surface area contributed by atoms with E-state index in [9.17, 15) is 22.8 Å². The van der Waals surface area contributed by atoms with Crippen molar-refractivity contribution in [2.45, 2.75) is 44.9 Å². The Balaban J connectivity index is 2.14. The molecule has 0 saturated carbocycles. The lowest BCUT2D eigenvalue weighted by Gasteiger charge is -2.08. The Morgan fingerprint density at radius 3 is 2.73 bits per heavy atom. The SMILES string of the molecule is CCC(C)Cc1c(C)sc2nc(SCC(=O)NCC(F)(F)F)[nH]c(=O)c12. The number of aryl methyl sites for hydroxylation is 1. The fourth-order valence-electron chi connectivity index (χ4n) is 2.35. The van der Waals surface area contributed by atoms with Gasteiger partial charge in [0.05, 0.1) is 11.1 Å². The Kier molecular flexibility index (Phi) is 6.73. The summed E-state index contributed by atoms with van der Waals surface area (Å²) in [6, 6.07) is 0. The smallest absolute Gasteiger partial charge is 0.346 e. The molecule has 0 bridgehead atoms. The molecule has 144 valence electrons. The average Bonchev–Trinajstić information content (AvgIpc) is 2.86. The number of carbonyl (C=O) groups is 1. The number of aromatic amines is 1. The van der Waals surface area contributed by atoms with Crippen LogP contribution < -0.4 is 10.9 Å². The molecule has 0 aliphatic carbocycles. The Bertz CT molecular complexity index is 846. The molecule has 0 fully saturated rings. The Labute approximate surface area is 156 Å². The number of H-pyrrole nitrogens is 1. The van der Waals surface area contributed by atoms with Crippen LogP contribution in [-0.2, 0) is 11.2 Å². The van der Waals surface area contributed by atoms with Crippen LogP contribution in [-0.4, -0.2) is 34.3 Å². The van der Waals surface area contributed by atoms with E-state index in [0.717, 1.165) is 35.0 Å². The third-order valence-corrected chi connectivity index (χ3v) is 5.83. The lowest BCUT2D eigenvalue weighted by Crippen LogP contribution is -2.34.